The van der Waals surface area contributed by atoms with Crippen molar-refractivity contribution in [2.45, 2.75) is 50.2 Å². The number of amides is 1. The third-order valence-corrected chi connectivity index (χ3v) is 7.69. The van der Waals surface area contributed by atoms with Crippen molar-refractivity contribution < 1.29 is 13.2 Å². The molecular formula is C18H25N5O3S2. The molecule has 2 aromatic rings. The van der Waals surface area contributed by atoms with E-state index < -0.39 is 9.84 Å². The fraction of sp³-hybridized carbons (Fsp3) is 0.556. The summed E-state index contributed by atoms with van der Waals surface area (Å²) in [6.45, 7) is 6.89. The van der Waals surface area contributed by atoms with Gasteiger partial charge in [0.2, 0.25) is 5.91 Å². The number of thioether (sulfide) groups is 1. The van der Waals surface area contributed by atoms with Crippen molar-refractivity contribution in [3.8, 4) is 11.4 Å². The number of aromatic nitrogens is 4. The average Bonchev–Trinajstić information content (AvgIpc) is 3.25. The van der Waals surface area contributed by atoms with Gasteiger partial charge in [0, 0.05) is 37.1 Å². The monoisotopic (exact) mass is 423 g/mol. The van der Waals surface area contributed by atoms with Crippen molar-refractivity contribution >= 4 is 27.5 Å². The van der Waals surface area contributed by atoms with E-state index >= 15 is 0 Å². The number of carbonyl (C=O) groups is 1. The van der Waals surface area contributed by atoms with Crippen molar-refractivity contribution in [1.29, 1.82) is 0 Å². The summed E-state index contributed by atoms with van der Waals surface area (Å²) in [5, 5.41) is 8.86. The predicted molar refractivity (Wildman–Crippen MR) is 109 cm³/mol. The van der Waals surface area contributed by atoms with Crippen molar-refractivity contribution in [3.05, 3.63) is 24.5 Å². The van der Waals surface area contributed by atoms with Gasteiger partial charge in [-0.2, -0.15) is 0 Å². The highest BCUT2D eigenvalue weighted by Crippen LogP contribution is 2.28. The lowest BCUT2D eigenvalue weighted by Crippen LogP contribution is -2.44. The van der Waals surface area contributed by atoms with Gasteiger partial charge in [0.05, 0.1) is 16.8 Å². The van der Waals surface area contributed by atoms with Gasteiger partial charge >= 0.3 is 0 Å². The Kier molecular flexibility index (Phi) is 6.39. The maximum absolute atomic E-state index is 13.0. The second kappa shape index (κ2) is 8.60. The largest absolute Gasteiger partial charge is 0.338 e. The fourth-order valence-corrected chi connectivity index (χ4v) is 6.15. The molecule has 1 saturated heterocycles. The van der Waals surface area contributed by atoms with Gasteiger partial charge in [0.15, 0.2) is 20.8 Å². The molecule has 8 nitrogen and oxygen atoms in total. The summed E-state index contributed by atoms with van der Waals surface area (Å²) in [6, 6.07) is 3.51. The Morgan fingerprint density at radius 1 is 1.32 bits per heavy atom. The lowest BCUT2D eigenvalue weighted by molar-refractivity contribution is -0.131. The summed E-state index contributed by atoms with van der Waals surface area (Å²) in [4.78, 5) is 18.7. The standard InChI is InChI=1S/C18H25N5O3S2/c1-4-22(15-8-11-28(25,26)12-15)17(24)13(3)27-18-21-20-16(23(18)5-2)14-6-9-19-10-7-14/h6-7,9-10,13,15H,4-5,8,11-12H2,1-3H3/t13-,15+/m1/s1. The zero-order chi connectivity index (χ0) is 20.3. The first kappa shape index (κ1) is 20.8. The van der Waals surface area contributed by atoms with Crippen LogP contribution in [0.2, 0.25) is 0 Å². The van der Waals surface area contributed by atoms with Crippen molar-refractivity contribution in [3.63, 3.8) is 0 Å². The number of nitrogens with zero attached hydrogens (tertiary/aromatic N) is 5. The van der Waals surface area contributed by atoms with Gasteiger partial charge in [-0.05, 0) is 39.3 Å². The molecule has 1 amide bonds. The minimum atomic E-state index is -3.04. The maximum atomic E-state index is 13.0. The molecule has 0 bridgehead atoms. The number of hydrogen-bond acceptors (Lipinski definition) is 7. The van der Waals surface area contributed by atoms with E-state index in [-0.39, 0.29) is 28.7 Å². The van der Waals surface area contributed by atoms with E-state index in [0.717, 1.165) is 11.4 Å². The maximum Gasteiger partial charge on any atom is 0.236 e. The Balaban J connectivity index is 1.76. The molecule has 0 unspecified atom stereocenters. The van der Waals surface area contributed by atoms with Crippen molar-refractivity contribution in [2.75, 3.05) is 18.1 Å². The zero-order valence-electron chi connectivity index (χ0n) is 16.3. The van der Waals surface area contributed by atoms with Crippen LogP contribution < -0.4 is 0 Å². The quantitative estimate of drug-likeness (QED) is 0.627. The summed E-state index contributed by atoms with van der Waals surface area (Å²) >= 11 is 1.35. The van der Waals surface area contributed by atoms with Crippen LogP contribution in [0.15, 0.2) is 29.7 Å². The van der Waals surface area contributed by atoms with Crippen LogP contribution in [-0.4, -0.2) is 68.3 Å². The van der Waals surface area contributed by atoms with Gasteiger partial charge < -0.3 is 9.47 Å². The molecule has 0 N–H and O–H groups in total. The first-order chi connectivity index (χ1) is 13.4. The van der Waals surface area contributed by atoms with Crippen molar-refractivity contribution in [1.82, 2.24) is 24.6 Å². The molecule has 0 aliphatic carbocycles. The van der Waals surface area contributed by atoms with Crippen LogP contribution in [0, 0.1) is 0 Å². The first-order valence-corrected chi connectivity index (χ1v) is 12.1. The van der Waals surface area contributed by atoms with Gasteiger partial charge in [-0.3, -0.25) is 9.78 Å². The SMILES string of the molecule is CCN(C(=O)[C@@H](C)Sc1nnc(-c2ccncc2)n1CC)[C@H]1CCS(=O)(=O)C1. The summed E-state index contributed by atoms with van der Waals surface area (Å²) in [5.41, 5.74) is 0.918. The number of rotatable bonds is 7. The van der Waals surface area contributed by atoms with Crippen molar-refractivity contribution in [2.24, 2.45) is 0 Å². The lowest BCUT2D eigenvalue weighted by atomic mass is 10.2. The fourth-order valence-electron chi connectivity index (χ4n) is 3.43. The molecule has 2 aromatic heterocycles. The van der Waals surface area contributed by atoms with E-state index in [9.17, 15) is 13.2 Å². The minimum absolute atomic E-state index is 0.0568. The molecule has 1 fully saturated rings. The molecule has 0 aromatic carbocycles. The summed E-state index contributed by atoms with van der Waals surface area (Å²) < 4.78 is 25.6. The average molecular weight is 424 g/mol. The molecule has 10 heteroatoms. The van der Waals surface area contributed by atoms with Crippen LogP contribution in [0.3, 0.4) is 0 Å². The second-order valence-electron chi connectivity index (χ2n) is 6.73. The van der Waals surface area contributed by atoms with Gasteiger partial charge in [-0.25, -0.2) is 8.42 Å². The van der Waals surface area contributed by atoms with E-state index in [1.54, 1.807) is 17.3 Å². The third kappa shape index (κ3) is 4.38. The van der Waals surface area contributed by atoms with E-state index in [2.05, 4.69) is 15.2 Å². The molecule has 152 valence electrons. The van der Waals surface area contributed by atoms with Gasteiger partial charge in [-0.1, -0.05) is 11.8 Å². The van der Waals surface area contributed by atoms with Crippen LogP contribution >= 0.6 is 11.8 Å². The topological polar surface area (TPSA) is 98.1 Å². The third-order valence-electron chi connectivity index (χ3n) is 4.87. The Labute approximate surface area is 169 Å². The Bertz CT molecular complexity index is 930. The first-order valence-electron chi connectivity index (χ1n) is 9.37. The molecule has 3 rings (SSSR count). The molecule has 28 heavy (non-hydrogen) atoms. The smallest absolute Gasteiger partial charge is 0.236 e. The van der Waals surface area contributed by atoms with Gasteiger partial charge in [0.25, 0.3) is 0 Å². The highest BCUT2D eigenvalue weighted by molar-refractivity contribution is 8.00. The Morgan fingerprint density at radius 2 is 2.04 bits per heavy atom. The number of carbonyl (C=O) groups excluding carboxylic acids is 1. The molecule has 0 spiro atoms. The van der Waals surface area contributed by atoms with E-state index in [4.69, 9.17) is 0 Å². The Hall–Kier alpha value is -1.94. The van der Waals surface area contributed by atoms with Crippen LogP contribution in [-0.2, 0) is 21.2 Å². The number of pyridine rings is 1. The highest BCUT2D eigenvalue weighted by atomic mass is 32.2. The van der Waals surface area contributed by atoms with Gasteiger partial charge in [-0.15, -0.1) is 10.2 Å². The zero-order valence-corrected chi connectivity index (χ0v) is 17.9. The van der Waals surface area contributed by atoms with Crippen LogP contribution in [0.4, 0.5) is 0 Å². The van der Waals surface area contributed by atoms with Gasteiger partial charge in [0.1, 0.15) is 0 Å². The minimum Gasteiger partial charge on any atom is -0.338 e. The van der Waals surface area contributed by atoms with E-state index in [1.165, 1.54) is 11.8 Å². The predicted octanol–water partition coefficient (Wildman–Crippen LogP) is 1.88. The Morgan fingerprint density at radius 3 is 2.61 bits per heavy atom. The molecule has 2 atom stereocenters. The van der Waals surface area contributed by atoms with Crippen LogP contribution in [0.25, 0.3) is 11.4 Å². The highest BCUT2D eigenvalue weighted by Gasteiger charge is 2.35. The van der Waals surface area contributed by atoms with E-state index in [1.807, 2.05) is 37.5 Å². The van der Waals surface area contributed by atoms with Crippen LogP contribution in [0.5, 0.6) is 0 Å². The molecule has 0 saturated carbocycles. The lowest BCUT2D eigenvalue weighted by Gasteiger charge is -2.29. The summed E-state index contributed by atoms with van der Waals surface area (Å²) in [7, 11) is -3.04. The normalized spacial score (nSPS) is 19.5. The molecular weight excluding hydrogens is 398 g/mol. The molecule has 1 aliphatic heterocycles. The molecule has 3 heterocycles. The number of hydrogen-bond donors (Lipinski definition) is 0. The second-order valence-corrected chi connectivity index (χ2v) is 10.3. The molecule has 1 aliphatic rings. The number of sulfone groups is 1. The summed E-state index contributed by atoms with van der Waals surface area (Å²) in [5.74, 6) is 0.885. The summed E-state index contributed by atoms with van der Waals surface area (Å²) in [6.07, 6.45) is 3.92. The van der Waals surface area contributed by atoms with Crippen LogP contribution in [0.1, 0.15) is 27.2 Å². The molecule has 0 radical (unpaired) electrons. The van der Waals surface area contributed by atoms with E-state index in [0.29, 0.717) is 24.7 Å².